The molecule has 1 saturated carbocycles. The van der Waals surface area contributed by atoms with Gasteiger partial charge in [-0.05, 0) is 30.7 Å². The second-order valence-corrected chi connectivity index (χ2v) is 5.49. The van der Waals surface area contributed by atoms with Crippen LogP contribution in [0.3, 0.4) is 0 Å². The molecular formula is C17H14N2O4. The van der Waals surface area contributed by atoms with Crippen molar-refractivity contribution in [3.05, 3.63) is 59.9 Å². The lowest BCUT2D eigenvalue weighted by molar-refractivity contribution is 0.0601. The van der Waals surface area contributed by atoms with Crippen LogP contribution in [0, 0.1) is 0 Å². The van der Waals surface area contributed by atoms with Gasteiger partial charge in [0.25, 0.3) is 0 Å². The van der Waals surface area contributed by atoms with E-state index in [0.717, 1.165) is 17.7 Å². The van der Waals surface area contributed by atoms with Crippen molar-refractivity contribution in [2.45, 2.75) is 18.3 Å². The number of rotatable bonds is 4. The summed E-state index contributed by atoms with van der Waals surface area (Å²) < 4.78 is 15.5. The molecule has 3 aromatic rings. The molecule has 6 heteroatoms. The minimum atomic E-state index is -0.393. The van der Waals surface area contributed by atoms with Gasteiger partial charge in [-0.1, -0.05) is 17.3 Å². The first kappa shape index (κ1) is 13.8. The first-order valence-electron chi connectivity index (χ1n) is 7.32. The van der Waals surface area contributed by atoms with E-state index in [4.69, 9.17) is 13.7 Å². The molecule has 6 nitrogen and oxygen atoms in total. The van der Waals surface area contributed by atoms with Crippen LogP contribution in [0.25, 0.3) is 11.4 Å². The Morgan fingerprint density at radius 2 is 2.17 bits per heavy atom. The van der Waals surface area contributed by atoms with Crippen LogP contribution < -0.4 is 0 Å². The zero-order valence-corrected chi connectivity index (χ0v) is 12.4. The Labute approximate surface area is 132 Å². The van der Waals surface area contributed by atoms with Gasteiger partial charge in [-0.15, -0.1) is 0 Å². The molecule has 0 N–H and O–H groups in total. The van der Waals surface area contributed by atoms with Crippen molar-refractivity contribution in [3.63, 3.8) is 0 Å². The summed E-state index contributed by atoms with van der Waals surface area (Å²) in [5.41, 5.74) is 1.18. The molecule has 2 atom stereocenters. The standard InChI is InChI=1S/C17H14N2O4/c1-21-17(20)11-5-2-4-10(8-11)15-18-16(23-19-15)13-9-12(13)14-6-3-7-22-14/h2-8,12-13H,9H2,1H3/t12-,13+/m1/s1. The molecule has 1 aromatic carbocycles. The minimum Gasteiger partial charge on any atom is -0.469 e. The largest absolute Gasteiger partial charge is 0.469 e. The van der Waals surface area contributed by atoms with E-state index < -0.39 is 5.97 Å². The third-order valence-corrected chi connectivity index (χ3v) is 4.00. The normalized spacial score (nSPS) is 19.5. The maximum Gasteiger partial charge on any atom is 0.337 e. The molecule has 0 spiro atoms. The Morgan fingerprint density at radius 3 is 2.96 bits per heavy atom. The maximum atomic E-state index is 11.6. The number of hydrogen-bond donors (Lipinski definition) is 0. The third kappa shape index (κ3) is 2.52. The predicted octanol–water partition coefficient (Wildman–Crippen LogP) is 3.39. The predicted molar refractivity (Wildman–Crippen MR) is 79.9 cm³/mol. The lowest BCUT2D eigenvalue weighted by Crippen LogP contribution is -2.00. The number of hydrogen-bond acceptors (Lipinski definition) is 6. The van der Waals surface area contributed by atoms with Crippen molar-refractivity contribution in [3.8, 4) is 11.4 Å². The lowest BCUT2D eigenvalue weighted by atomic mass is 10.1. The number of ether oxygens (including phenoxy) is 1. The Balaban J connectivity index is 1.56. The van der Waals surface area contributed by atoms with Gasteiger partial charge < -0.3 is 13.7 Å². The van der Waals surface area contributed by atoms with Crippen LogP contribution in [-0.2, 0) is 4.74 Å². The van der Waals surface area contributed by atoms with Crippen LogP contribution in [0.5, 0.6) is 0 Å². The zero-order valence-electron chi connectivity index (χ0n) is 12.4. The fourth-order valence-electron chi connectivity index (χ4n) is 2.69. The van der Waals surface area contributed by atoms with Crippen molar-refractivity contribution in [1.82, 2.24) is 10.1 Å². The second-order valence-electron chi connectivity index (χ2n) is 5.49. The molecule has 116 valence electrons. The number of esters is 1. The van der Waals surface area contributed by atoms with Gasteiger partial charge in [0, 0.05) is 17.4 Å². The highest BCUT2D eigenvalue weighted by Crippen LogP contribution is 2.54. The highest BCUT2D eigenvalue weighted by molar-refractivity contribution is 5.90. The van der Waals surface area contributed by atoms with E-state index in [0.29, 0.717) is 23.2 Å². The first-order valence-corrected chi connectivity index (χ1v) is 7.32. The highest BCUT2D eigenvalue weighted by Gasteiger charge is 2.45. The number of aromatic nitrogens is 2. The van der Waals surface area contributed by atoms with Crippen LogP contribution in [0.2, 0.25) is 0 Å². The van der Waals surface area contributed by atoms with Crippen molar-refractivity contribution >= 4 is 5.97 Å². The number of furan rings is 1. The monoisotopic (exact) mass is 310 g/mol. The first-order chi connectivity index (χ1) is 11.3. The number of nitrogens with zero attached hydrogens (tertiary/aromatic N) is 2. The van der Waals surface area contributed by atoms with E-state index >= 15 is 0 Å². The number of carbonyl (C=O) groups excluding carboxylic acids is 1. The lowest BCUT2D eigenvalue weighted by Gasteiger charge is -2.00. The summed E-state index contributed by atoms with van der Waals surface area (Å²) in [6.45, 7) is 0. The van der Waals surface area contributed by atoms with Gasteiger partial charge in [-0.25, -0.2) is 4.79 Å². The summed E-state index contributed by atoms with van der Waals surface area (Å²) >= 11 is 0. The van der Waals surface area contributed by atoms with Crippen LogP contribution >= 0.6 is 0 Å². The van der Waals surface area contributed by atoms with E-state index in [1.165, 1.54) is 7.11 Å². The Kier molecular flexibility index (Phi) is 3.22. The SMILES string of the molecule is COC(=O)c1cccc(-c2noc([C@H]3C[C@H]3c3ccco3)n2)c1. The summed E-state index contributed by atoms with van der Waals surface area (Å²) in [6.07, 6.45) is 2.61. The van der Waals surface area contributed by atoms with Gasteiger partial charge in [0.15, 0.2) is 0 Å². The molecule has 0 radical (unpaired) electrons. The van der Waals surface area contributed by atoms with E-state index in [-0.39, 0.29) is 5.92 Å². The number of methoxy groups -OCH3 is 1. The van der Waals surface area contributed by atoms with E-state index in [9.17, 15) is 4.79 Å². The topological polar surface area (TPSA) is 78.4 Å². The average molecular weight is 310 g/mol. The molecule has 0 saturated heterocycles. The molecule has 2 aromatic heterocycles. The van der Waals surface area contributed by atoms with Gasteiger partial charge in [0.1, 0.15) is 5.76 Å². The summed E-state index contributed by atoms with van der Waals surface area (Å²) in [7, 11) is 1.35. The van der Waals surface area contributed by atoms with E-state index in [1.54, 1.807) is 24.5 Å². The molecule has 0 aliphatic heterocycles. The summed E-state index contributed by atoms with van der Waals surface area (Å²) in [6, 6.07) is 10.8. The number of carbonyl (C=O) groups is 1. The summed E-state index contributed by atoms with van der Waals surface area (Å²) in [5.74, 6) is 2.13. The second kappa shape index (κ2) is 5.39. The fraction of sp³-hybridized carbons (Fsp3) is 0.235. The Morgan fingerprint density at radius 1 is 1.26 bits per heavy atom. The van der Waals surface area contributed by atoms with Crippen LogP contribution in [0.15, 0.2) is 51.6 Å². The van der Waals surface area contributed by atoms with E-state index in [1.807, 2.05) is 18.2 Å². The highest BCUT2D eigenvalue weighted by atomic mass is 16.5. The Hall–Kier alpha value is -2.89. The summed E-state index contributed by atoms with van der Waals surface area (Å²) in [4.78, 5) is 16.1. The summed E-state index contributed by atoms with van der Waals surface area (Å²) in [5, 5.41) is 4.02. The van der Waals surface area contributed by atoms with Crippen LogP contribution in [0.4, 0.5) is 0 Å². The Bertz CT molecular complexity index is 838. The van der Waals surface area contributed by atoms with Crippen LogP contribution in [-0.4, -0.2) is 23.2 Å². The molecular weight excluding hydrogens is 296 g/mol. The van der Waals surface area contributed by atoms with Crippen molar-refractivity contribution in [2.24, 2.45) is 0 Å². The number of benzene rings is 1. The minimum absolute atomic E-state index is 0.200. The maximum absolute atomic E-state index is 11.6. The molecule has 0 bridgehead atoms. The molecule has 0 unspecified atom stereocenters. The molecule has 1 aliphatic rings. The zero-order chi connectivity index (χ0) is 15.8. The molecule has 2 heterocycles. The smallest absolute Gasteiger partial charge is 0.337 e. The third-order valence-electron chi connectivity index (χ3n) is 4.00. The fourth-order valence-corrected chi connectivity index (χ4v) is 2.69. The molecule has 0 amide bonds. The van der Waals surface area contributed by atoms with E-state index in [2.05, 4.69) is 10.1 Å². The quantitative estimate of drug-likeness (QED) is 0.687. The van der Waals surface area contributed by atoms with Crippen molar-refractivity contribution in [1.29, 1.82) is 0 Å². The average Bonchev–Trinajstić information content (AvgIpc) is 3.04. The molecule has 4 rings (SSSR count). The van der Waals surface area contributed by atoms with Crippen LogP contribution in [0.1, 0.15) is 40.3 Å². The van der Waals surface area contributed by atoms with Gasteiger partial charge in [0.2, 0.25) is 11.7 Å². The van der Waals surface area contributed by atoms with Gasteiger partial charge in [-0.3, -0.25) is 0 Å². The van der Waals surface area contributed by atoms with Gasteiger partial charge in [-0.2, -0.15) is 4.98 Å². The van der Waals surface area contributed by atoms with Gasteiger partial charge >= 0.3 is 5.97 Å². The van der Waals surface area contributed by atoms with Crippen molar-refractivity contribution < 1.29 is 18.5 Å². The molecule has 1 aliphatic carbocycles. The molecule has 23 heavy (non-hydrogen) atoms. The van der Waals surface area contributed by atoms with Gasteiger partial charge in [0.05, 0.1) is 18.9 Å². The molecule has 1 fully saturated rings. The van der Waals surface area contributed by atoms with Crippen molar-refractivity contribution in [2.75, 3.05) is 7.11 Å².